The first-order chi connectivity index (χ1) is 35.2. The average molecular weight is 904 g/mol. The Balaban J connectivity index is 0.970. The SMILES string of the molecule is c1ccc(N2c3ccccc3B3c4cc5c(cc4N4c6cc7c(cc6B6c8ccccc8Oc8cc2c3c4c86)B2c3ccccc3Oc3cccc(c32)O7)Oc2cccc3c2B5c2ccccc2O3)cc1. The van der Waals surface area contributed by atoms with E-state index in [1.807, 2.05) is 12.1 Å². The lowest BCUT2D eigenvalue weighted by Crippen LogP contribution is -2.69. The summed E-state index contributed by atoms with van der Waals surface area (Å²) in [5, 5.41) is 0. The van der Waals surface area contributed by atoms with Crippen molar-refractivity contribution in [3.8, 4) is 57.5 Å². The third kappa shape index (κ3) is 4.60. The Hall–Kier alpha value is -8.94. The highest BCUT2D eigenvalue weighted by atomic mass is 16.5. The van der Waals surface area contributed by atoms with Gasteiger partial charge >= 0.3 is 0 Å². The number of hydrogen-bond donors (Lipinski definition) is 0. The third-order valence-corrected chi connectivity index (χ3v) is 16.3. The van der Waals surface area contributed by atoms with Gasteiger partial charge in [0.2, 0.25) is 0 Å². The predicted molar refractivity (Wildman–Crippen MR) is 287 cm³/mol. The minimum Gasteiger partial charge on any atom is -0.458 e. The van der Waals surface area contributed by atoms with Crippen molar-refractivity contribution in [2.75, 3.05) is 9.80 Å². The van der Waals surface area contributed by atoms with E-state index >= 15 is 0 Å². The molecule has 0 atom stereocenters. The summed E-state index contributed by atoms with van der Waals surface area (Å²) in [6.45, 7) is -0.482. The first kappa shape index (κ1) is 37.0. The van der Waals surface area contributed by atoms with Crippen molar-refractivity contribution in [1.82, 2.24) is 0 Å². The lowest BCUT2D eigenvalue weighted by atomic mass is 9.27. The fraction of sp³-hybridized carbons (Fsp3) is 0. The van der Waals surface area contributed by atoms with Gasteiger partial charge in [-0.1, -0.05) is 115 Å². The van der Waals surface area contributed by atoms with E-state index in [0.717, 1.165) is 135 Å². The van der Waals surface area contributed by atoms with E-state index in [0.29, 0.717) is 0 Å². The van der Waals surface area contributed by atoms with Gasteiger partial charge in [-0.05, 0) is 115 Å². The van der Waals surface area contributed by atoms with Crippen molar-refractivity contribution in [2.45, 2.75) is 0 Å². The molecule has 0 aliphatic carbocycles. The summed E-state index contributed by atoms with van der Waals surface area (Å²) in [5.41, 5.74) is 20.4. The van der Waals surface area contributed by atoms with E-state index in [4.69, 9.17) is 23.7 Å². The van der Waals surface area contributed by atoms with E-state index in [9.17, 15) is 0 Å². The van der Waals surface area contributed by atoms with Crippen LogP contribution in [0.3, 0.4) is 0 Å². The molecule has 10 aromatic rings. The lowest BCUT2D eigenvalue weighted by Gasteiger charge is -2.50. The Kier molecular flexibility index (Phi) is 6.79. The van der Waals surface area contributed by atoms with Gasteiger partial charge in [-0.15, -0.1) is 0 Å². The summed E-state index contributed by atoms with van der Waals surface area (Å²) in [6.07, 6.45) is 0. The molecule has 0 N–H and O–H groups in total. The fourth-order valence-electron chi connectivity index (χ4n) is 13.6. The predicted octanol–water partition coefficient (Wildman–Crippen LogP) is 6.16. The van der Waals surface area contributed by atoms with Crippen LogP contribution in [0.4, 0.5) is 34.1 Å². The molecule has 0 aromatic heterocycles. The standard InChI is InChI=1S/C60H32B4N2O5/c1-2-14-33(15-3-1)65-42-20-8-4-16-34(42)61-38-28-40-53(70-51-26-12-24-49-57(51)63(40)36-18-6-9-21-46(36)67-49)30-43(38)66-44-31-54-41(64-37-19-7-10-22-47(37)68-50-25-13-27-52(71-54)58(50)64)29-39(44)62-35-17-5-11-23-48(35)69-55-32-45(65)56(61)60(66)59(55)62/h1-32H. The summed E-state index contributed by atoms with van der Waals surface area (Å²) in [4.78, 5) is 4.98. The second kappa shape index (κ2) is 13.0. The summed E-state index contributed by atoms with van der Waals surface area (Å²) in [5.74, 6) is 8.41. The summed E-state index contributed by atoms with van der Waals surface area (Å²) < 4.78 is 34.7. The maximum Gasteiger partial charge on any atom is 0.260 e. The number of fused-ring (bicyclic) bond motifs is 18. The molecule has 8 aliphatic heterocycles. The molecule has 8 aliphatic rings. The normalized spacial score (nSPS) is 14.9. The fourth-order valence-corrected chi connectivity index (χ4v) is 13.6. The van der Waals surface area contributed by atoms with Gasteiger partial charge in [-0.2, -0.15) is 0 Å². The number of hydrogen-bond acceptors (Lipinski definition) is 7. The maximum atomic E-state index is 7.22. The summed E-state index contributed by atoms with van der Waals surface area (Å²) >= 11 is 0. The second-order valence-electron chi connectivity index (χ2n) is 19.7. The van der Waals surface area contributed by atoms with Gasteiger partial charge in [0.1, 0.15) is 57.5 Å². The zero-order valence-corrected chi connectivity index (χ0v) is 37.7. The largest absolute Gasteiger partial charge is 0.458 e. The van der Waals surface area contributed by atoms with Crippen molar-refractivity contribution in [3.05, 3.63) is 194 Å². The molecule has 0 bridgehead atoms. The summed E-state index contributed by atoms with van der Waals surface area (Å²) in [7, 11) is 0. The average Bonchev–Trinajstić information content (AvgIpc) is 3.43. The van der Waals surface area contributed by atoms with Gasteiger partial charge in [0.25, 0.3) is 26.9 Å². The number of para-hydroxylation sites is 5. The van der Waals surface area contributed by atoms with Gasteiger partial charge < -0.3 is 33.5 Å². The molecule has 0 unspecified atom stereocenters. The molecule has 7 nitrogen and oxygen atoms in total. The van der Waals surface area contributed by atoms with Crippen LogP contribution < -0.4 is 99.0 Å². The Morgan fingerprint density at radius 3 is 1.20 bits per heavy atom. The van der Waals surface area contributed by atoms with Crippen LogP contribution in [0, 0.1) is 0 Å². The van der Waals surface area contributed by atoms with Gasteiger partial charge in [0, 0.05) is 63.2 Å². The highest BCUT2D eigenvalue weighted by Gasteiger charge is 2.53. The maximum absolute atomic E-state index is 7.22. The minimum atomic E-state index is -0.152. The van der Waals surface area contributed by atoms with Gasteiger partial charge in [0.05, 0.1) is 0 Å². The van der Waals surface area contributed by atoms with E-state index in [1.54, 1.807) is 0 Å². The molecular weight excluding hydrogens is 872 g/mol. The Morgan fingerprint density at radius 1 is 0.239 bits per heavy atom. The Bertz CT molecular complexity index is 4100. The molecule has 0 saturated heterocycles. The molecule has 0 fully saturated rings. The van der Waals surface area contributed by atoms with Gasteiger partial charge in [-0.25, -0.2) is 0 Å². The molecule has 10 aromatic carbocycles. The molecule has 0 spiro atoms. The van der Waals surface area contributed by atoms with Crippen LogP contribution in [0.5, 0.6) is 57.5 Å². The quantitative estimate of drug-likeness (QED) is 0.183. The van der Waals surface area contributed by atoms with Gasteiger partial charge in [-0.3, -0.25) is 0 Å². The lowest BCUT2D eigenvalue weighted by molar-refractivity contribution is 0.464. The highest BCUT2D eigenvalue weighted by molar-refractivity contribution is 7.05. The van der Waals surface area contributed by atoms with Crippen molar-refractivity contribution in [2.24, 2.45) is 0 Å². The van der Waals surface area contributed by atoms with Crippen LogP contribution in [0.2, 0.25) is 0 Å². The third-order valence-electron chi connectivity index (χ3n) is 16.3. The number of ether oxygens (including phenoxy) is 5. The molecule has 71 heavy (non-hydrogen) atoms. The zero-order chi connectivity index (χ0) is 45.8. The first-order valence-electron chi connectivity index (χ1n) is 24.4. The molecule has 0 amide bonds. The smallest absolute Gasteiger partial charge is 0.260 e. The minimum absolute atomic E-state index is 0.0960. The van der Waals surface area contributed by atoms with Crippen molar-refractivity contribution < 1.29 is 23.7 Å². The molecule has 18 rings (SSSR count). The Morgan fingerprint density at radius 2 is 0.648 bits per heavy atom. The van der Waals surface area contributed by atoms with Crippen LogP contribution in [0.1, 0.15) is 0 Å². The number of nitrogens with zero attached hydrogens (tertiary/aromatic N) is 2. The number of anilines is 6. The molecular formula is C60H32B4N2O5. The van der Waals surface area contributed by atoms with Crippen molar-refractivity contribution in [3.63, 3.8) is 0 Å². The van der Waals surface area contributed by atoms with Crippen LogP contribution in [-0.2, 0) is 0 Å². The molecule has 0 radical (unpaired) electrons. The number of rotatable bonds is 1. The topological polar surface area (TPSA) is 52.6 Å². The van der Waals surface area contributed by atoms with E-state index in [2.05, 4.69) is 192 Å². The monoisotopic (exact) mass is 904 g/mol. The first-order valence-corrected chi connectivity index (χ1v) is 24.4. The Labute approximate surface area is 409 Å². The van der Waals surface area contributed by atoms with Crippen LogP contribution in [0.15, 0.2) is 194 Å². The second-order valence-corrected chi connectivity index (χ2v) is 19.7. The zero-order valence-electron chi connectivity index (χ0n) is 37.7. The van der Waals surface area contributed by atoms with Crippen molar-refractivity contribution >= 4 is 127 Å². The molecule has 8 heterocycles. The molecule has 324 valence electrons. The van der Waals surface area contributed by atoms with E-state index in [1.165, 1.54) is 21.9 Å². The molecule has 11 heteroatoms. The van der Waals surface area contributed by atoms with E-state index < -0.39 is 0 Å². The number of benzene rings is 10. The van der Waals surface area contributed by atoms with Crippen LogP contribution >= 0.6 is 0 Å². The van der Waals surface area contributed by atoms with Gasteiger partial charge in [0.15, 0.2) is 0 Å². The summed E-state index contributed by atoms with van der Waals surface area (Å²) in [6, 6.07) is 69.5. The highest BCUT2D eigenvalue weighted by Crippen LogP contribution is 2.50. The molecule has 0 saturated carbocycles. The van der Waals surface area contributed by atoms with E-state index in [-0.39, 0.29) is 26.9 Å². The van der Waals surface area contributed by atoms with Crippen LogP contribution in [-0.4, -0.2) is 26.9 Å². The van der Waals surface area contributed by atoms with Crippen molar-refractivity contribution in [1.29, 1.82) is 0 Å². The van der Waals surface area contributed by atoms with Crippen LogP contribution in [0.25, 0.3) is 0 Å².